The summed E-state index contributed by atoms with van der Waals surface area (Å²) < 4.78 is 5.62. The summed E-state index contributed by atoms with van der Waals surface area (Å²) in [6.45, 7) is 3.57. The first-order valence-electron chi connectivity index (χ1n) is 7.20. The predicted molar refractivity (Wildman–Crippen MR) is 95.7 cm³/mol. The number of aryl methyl sites for hydroxylation is 1. The standard InChI is InChI=1S/C15H16Cl2N4O4/c1-6-3-8(16)4-9(17)12(6)25-5-7(2)19-14(23)11-10(18)13(22)21-15(24)20-11/h3-4,7H,5,18H2,1-2H3,(H,19,23)(H2,20,21,22,24)/t7-/m1/s1. The molecule has 0 aliphatic heterocycles. The molecule has 1 aromatic heterocycles. The van der Waals surface area contributed by atoms with E-state index in [1.807, 2.05) is 4.98 Å². The maximum Gasteiger partial charge on any atom is 0.326 e. The number of rotatable bonds is 5. The molecule has 5 N–H and O–H groups in total. The van der Waals surface area contributed by atoms with Crippen molar-refractivity contribution in [2.24, 2.45) is 0 Å². The van der Waals surface area contributed by atoms with Crippen molar-refractivity contribution in [2.75, 3.05) is 12.3 Å². The summed E-state index contributed by atoms with van der Waals surface area (Å²) in [5, 5.41) is 3.42. The Bertz CT molecular complexity index is 899. The van der Waals surface area contributed by atoms with Crippen LogP contribution in [0.25, 0.3) is 0 Å². The van der Waals surface area contributed by atoms with Gasteiger partial charge in [0.25, 0.3) is 11.5 Å². The van der Waals surface area contributed by atoms with E-state index in [9.17, 15) is 14.4 Å². The number of aromatic amines is 2. The first kappa shape index (κ1) is 18.9. The van der Waals surface area contributed by atoms with Gasteiger partial charge in [0.05, 0.1) is 11.1 Å². The van der Waals surface area contributed by atoms with E-state index in [1.165, 1.54) is 0 Å². The summed E-state index contributed by atoms with van der Waals surface area (Å²) in [7, 11) is 0. The molecule has 1 amide bonds. The molecule has 0 spiro atoms. The van der Waals surface area contributed by atoms with Crippen LogP contribution in [0.2, 0.25) is 10.0 Å². The number of nitrogens with two attached hydrogens (primary N) is 1. The minimum Gasteiger partial charge on any atom is -0.490 e. The van der Waals surface area contributed by atoms with Gasteiger partial charge in [-0.05, 0) is 31.5 Å². The molecule has 25 heavy (non-hydrogen) atoms. The van der Waals surface area contributed by atoms with Crippen molar-refractivity contribution in [3.63, 3.8) is 0 Å². The number of ether oxygens (including phenoxy) is 1. The van der Waals surface area contributed by atoms with Crippen LogP contribution < -0.4 is 27.0 Å². The highest BCUT2D eigenvalue weighted by Crippen LogP contribution is 2.31. The van der Waals surface area contributed by atoms with Crippen molar-refractivity contribution in [3.8, 4) is 5.75 Å². The molecular weight excluding hydrogens is 371 g/mol. The van der Waals surface area contributed by atoms with Crippen LogP contribution in [0.15, 0.2) is 21.7 Å². The van der Waals surface area contributed by atoms with Gasteiger partial charge in [0.1, 0.15) is 23.7 Å². The van der Waals surface area contributed by atoms with Crippen LogP contribution in [-0.4, -0.2) is 28.5 Å². The molecule has 1 aromatic carbocycles. The first-order chi connectivity index (χ1) is 11.7. The van der Waals surface area contributed by atoms with Gasteiger partial charge in [-0.3, -0.25) is 14.6 Å². The highest BCUT2D eigenvalue weighted by molar-refractivity contribution is 6.35. The molecule has 0 aliphatic rings. The Kier molecular flexibility index (Phi) is 5.76. The maximum absolute atomic E-state index is 12.2. The lowest BCUT2D eigenvalue weighted by molar-refractivity contribution is 0.0922. The number of nitrogen functional groups attached to an aromatic ring is 1. The molecule has 8 nitrogen and oxygen atoms in total. The van der Waals surface area contributed by atoms with Gasteiger partial charge in [0, 0.05) is 5.02 Å². The minimum atomic E-state index is -0.832. The monoisotopic (exact) mass is 386 g/mol. The largest absolute Gasteiger partial charge is 0.490 e. The molecule has 0 saturated carbocycles. The second kappa shape index (κ2) is 7.62. The van der Waals surface area contributed by atoms with E-state index >= 15 is 0 Å². The molecule has 0 fully saturated rings. The molecule has 1 heterocycles. The highest BCUT2D eigenvalue weighted by Gasteiger charge is 2.17. The summed E-state index contributed by atoms with van der Waals surface area (Å²) in [4.78, 5) is 39.0. The van der Waals surface area contributed by atoms with Crippen LogP contribution in [0.1, 0.15) is 23.0 Å². The van der Waals surface area contributed by atoms with Crippen molar-refractivity contribution >= 4 is 34.8 Å². The summed E-state index contributed by atoms with van der Waals surface area (Å²) in [6.07, 6.45) is 0. The Balaban J connectivity index is 2.06. The van der Waals surface area contributed by atoms with Crippen molar-refractivity contribution in [2.45, 2.75) is 19.9 Å². The number of hydrogen-bond donors (Lipinski definition) is 4. The number of nitrogens with one attached hydrogen (secondary N) is 3. The van der Waals surface area contributed by atoms with E-state index < -0.39 is 23.2 Å². The molecule has 0 radical (unpaired) electrons. The summed E-state index contributed by atoms with van der Waals surface area (Å²) >= 11 is 12.0. The Morgan fingerprint density at radius 1 is 1.32 bits per heavy atom. The zero-order chi connectivity index (χ0) is 18.7. The van der Waals surface area contributed by atoms with Gasteiger partial charge in [-0.15, -0.1) is 0 Å². The van der Waals surface area contributed by atoms with Gasteiger partial charge >= 0.3 is 5.69 Å². The zero-order valence-electron chi connectivity index (χ0n) is 13.4. The Hall–Kier alpha value is -2.45. The van der Waals surface area contributed by atoms with Gasteiger partial charge < -0.3 is 20.8 Å². The second-order valence-electron chi connectivity index (χ2n) is 5.42. The molecule has 2 aromatic rings. The maximum atomic E-state index is 12.2. The van der Waals surface area contributed by atoms with Crippen molar-refractivity contribution in [1.82, 2.24) is 15.3 Å². The Morgan fingerprint density at radius 2 is 2.00 bits per heavy atom. The lowest BCUT2D eigenvalue weighted by Crippen LogP contribution is -2.40. The normalized spacial score (nSPS) is 11.8. The number of carbonyl (C=O) groups is 1. The summed E-state index contributed by atoms with van der Waals surface area (Å²) in [5.74, 6) is -0.244. The average molecular weight is 387 g/mol. The number of anilines is 1. The van der Waals surface area contributed by atoms with E-state index in [1.54, 1.807) is 26.0 Å². The second-order valence-corrected chi connectivity index (χ2v) is 6.26. The van der Waals surface area contributed by atoms with Crippen LogP contribution in [0.3, 0.4) is 0 Å². The fraction of sp³-hybridized carbons (Fsp3) is 0.267. The van der Waals surface area contributed by atoms with Crippen molar-refractivity contribution < 1.29 is 9.53 Å². The van der Waals surface area contributed by atoms with Gasteiger partial charge in [-0.25, -0.2) is 4.79 Å². The zero-order valence-corrected chi connectivity index (χ0v) is 14.9. The number of amides is 1. The smallest absolute Gasteiger partial charge is 0.326 e. The lowest BCUT2D eigenvalue weighted by Gasteiger charge is -2.17. The summed E-state index contributed by atoms with van der Waals surface area (Å²) in [6, 6.07) is 2.80. The lowest BCUT2D eigenvalue weighted by atomic mass is 10.2. The molecule has 10 heteroatoms. The van der Waals surface area contributed by atoms with Crippen LogP contribution in [0.5, 0.6) is 5.75 Å². The Labute approximate surface area is 152 Å². The molecule has 1 atom stereocenters. The molecule has 0 unspecified atom stereocenters. The quantitative estimate of drug-likeness (QED) is 0.617. The minimum absolute atomic E-state index is 0.0985. The van der Waals surface area contributed by atoms with E-state index in [0.717, 1.165) is 5.56 Å². The Morgan fingerprint density at radius 3 is 2.64 bits per heavy atom. The number of aromatic nitrogens is 2. The molecule has 0 saturated heterocycles. The van der Waals surface area contributed by atoms with Gasteiger partial charge in [-0.2, -0.15) is 0 Å². The third-order valence-electron chi connectivity index (χ3n) is 3.26. The number of hydrogen-bond acceptors (Lipinski definition) is 5. The molecule has 0 aliphatic carbocycles. The van der Waals surface area contributed by atoms with Gasteiger partial charge in [0.2, 0.25) is 0 Å². The first-order valence-corrected chi connectivity index (χ1v) is 7.96. The third kappa shape index (κ3) is 4.55. The van der Waals surface area contributed by atoms with Crippen molar-refractivity contribution in [1.29, 1.82) is 0 Å². The van der Waals surface area contributed by atoms with E-state index in [4.69, 9.17) is 33.7 Å². The fourth-order valence-corrected chi connectivity index (χ4v) is 2.74. The topological polar surface area (TPSA) is 130 Å². The molecule has 2 rings (SSSR count). The molecule has 134 valence electrons. The van der Waals surface area contributed by atoms with E-state index in [-0.39, 0.29) is 18.0 Å². The van der Waals surface area contributed by atoms with E-state index in [2.05, 4.69) is 10.3 Å². The van der Waals surface area contributed by atoms with Crippen LogP contribution in [0.4, 0.5) is 5.69 Å². The number of halogens is 2. The molecular formula is C15H16Cl2N4O4. The molecule has 0 bridgehead atoms. The highest BCUT2D eigenvalue weighted by atomic mass is 35.5. The van der Waals surface area contributed by atoms with Crippen molar-refractivity contribution in [3.05, 3.63) is 54.3 Å². The summed E-state index contributed by atoms with van der Waals surface area (Å²) in [5.41, 5.74) is 3.93. The number of H-pyrrole nitrogens is 2. The number of carbonyl (C=O) groups excluding carboxylic acids is 1. The van der Waals surface area contributed by atoms with Crippen LogP contribution >= 0.6 is 23.2 Å². The van der Waals surface area contributed by atoms with Crippen LogP contribution in [0, 0.1) is 6.92 Å². The predicted octanol–water partition coefficient (Wildman–Crippen LogP) is 1.46. The third-order valence-corrected chi connectivity index (χ3v) is 3.75. The average Bonchev–Trinajstić information content (AvgIpc) is 2.49. The van der Waals surface area contributed by atoms with Crippen LogP contribution in [-0.2, 0) is 0 Å². The fourth-order valence-electron chi connectivity index (χ4n) is 2.09. The van der Waals surface area contributed by atoms with Gasteiger partial charge in [-0.1, -0.05) is 23.2 Å². The number of benzene rings is 1. The van der Waals surface area contributed by atoms with E-state index in [0.29, 0.717) is 15.8 Å². The van der Waals surface area contributed by atoms with Gasteiger partial charge in [0.15, 0.2) is 0 Å². The SMILES string of the molecule is Cc1cc(Cl)cc(Cl)c1OC[C@@H](C)NC(=O)c1[nH]c(=O)[nH]c(=O)c1N.